The third-order valence-corrected chi connectivity index (χ3v) is 4.17. The van der Waals surface area contributed by atoms with Crippen molar-refractivity contribution in [1.29, 1.82) is 0 Å². The van der Waals surface area contributed by atoms with E-state index in [0.717, 1.165) is 19.3 Å². The van der Waals surface area contributed by atoms with Crippen LogP contribution in [0, 0.1) is 10.1 Å². The lowest BCUT2D eigenvalue weighted by atomic mass is 9.79. The van der Waals surface area contributed by atoms with E-state index in [1.807, 2.05) is 0 Å². The van der Waals surface area contributed by atoms with E-state index < -0.39 is 16.4 Å². The third kappa shape index (κ3) is 3.64. The highest BCUT2D eigenvalue weighted by atomic mass is 35.5. The van der Waals surface area contributed by atoms with Crippen molar-refractivity contribution in [3.05, 3.63) is 33.3 Å². The van der Waals surface area contributed by atoms with E-state index in [2.05, 4.69) is 5.32 Å². The Bertz CT molecular complexity index is 556. The van der Waals surface area contributed by atoms with Crippen LogP contribution < -0.4 is 5.32 Å². The number of nitrogens with one attached hydrogen (secondary N) is 1. The van der Waals surface area contributed by atoms with Gasteiger partial charge in [0, 0.05) is 5.54 Å². The van der Waals surface area contributed by atoms with E-state index in [0.29, 0.717) is 12.8 Å². The molecule has 1 fully saturated rings. The topological polar surface area (TPSA) is 92.5 Å². The summed E-state index contributed by atoms with van der Waals surface area (Å²) in [5.41, 5.74) is -0.551. The van der Waals surface area contributed by atoms with Crippen molar-refractivity contribution in [2.45, 2.75) is 44.1 Å². The molecule has 1 aliphatic carbocycles. The van der Waals surface area contributed by atoms with Gasteiger partial charge in [-0.1, -0.05) is 36.9 Å². The molecule has 6 nitrogen and oxygen atoms in total. The first-order chi connectivity index (χ1) is 9.93. The molecule has 7 heteroatoms. The Labute approximate surface area is 127 Å². The van der Waals surface area contributed by atoms with Crippen molar-refractivity contribution in [2.75, 3.05) is 5.32 Å². The monoisotopic (exact) mass is 312 g/mol. The van der Waals surface area contributed by atoms with Crippen molar-refractivity contribution >= 4 is 28.9 Å². The number of carboxylic acids is 1. The third-order valence-electron chi connectivity index (χ3n) is 3.87. The Morgan fingerprint density at radius 2 is 2.05 bits per heavy atom. The van der Waals surface area contributed by atoms with Crippen LogP contribution in [-0.4, -0.2) is 21.5 Å². The molecule has 0 aromatic heterocycles. The number of aliphatic carboxylic acids is 1. The molecule has 0 amide bonds. The van der Waals surface area contributed by atoms with Gasteiger partial charge in [0.1, 0.15) is 10.7 Å². The van der Waals surface area contributed by atoms with Crippen LogP contribution in [0.5, 0.6) is 0 Å². The maximum absolute atomic E-state index is 11.2. The second-order valence-corrected chi connectivity index (χ2v) is 5.84. The van der Waals surface area contributed by atoms with E-state index >= 15 is 0 Å². The Hall–Kier alpha value is -1.82. The van der Waals surface area contributed by atoms with Crippen molar-refractivity contribution in [1.82, 2.24) is 0 Å². The number of nitro groups is 1. The minimum atomic E-state index is -0.908. The fraction of sp³-hybridized carbons (Fsp3) is 0.500. The minimum absolute atomic E-state index is 0.0475. The molecule has 0 aliphatic heterocycles. The number of hydrogen-bond acceptors (Lipinski definition) is 4. The molecule has 114 valence electrons. The molecule has 0 heterocycles. The van der Waals surface area contributed by atoms with Crippen LogP contribution in [0.3, 0.4) is 0 Å². The van der Waals surface area contributed by atoms with Crippen LogP contribution in [0.15, 0.2) is 18.2 Å². The smallest absolute Gasteiger partial charge is 0.310 e. The number of nitro benzene ring substituents is 1. The summed E-state index contributed by atoms with van der Waals surface area (Å²) >= 11 is 5.90. The quantitative estimate of drug-likeness (QED) is 0.636. The van der Waals surface area contributed by atoms with Gasteiger partial charge in [-0.3, -0.25) is 14.9 Å². The summed E-state index contributed by atoms with van der Waals surface area (Å²) < 4.78 is 0. The number of carbonyl (C=O) groups is 1. The molecule has 1 aromatic rings. The van der Waals surface area contributed by atoms with Gasteiger partial charge in [-0.2, -0.15) is 0 Å². The number of halogens is 1. The number of benzene rings is 1. The number of para-hydroxylation sites is 1. The summed E-state index contributed by atoms with van der Waals surface area (Å²) in [5.74, 6) is -0.908. The molecular formula is C14H17ClN2O4. The van der Waals surface area contributed by atoms with Crippen LogP contribution >= 0.6 is 11.6 Å². The lowest BCUT2D eigenvalue weighted by Gasteiger charge is -2.37. The fourth-order valence-electron chi connectivity index (χ4n) is 2.95. The highest BCUT2D eigenvalue weighted by Crippen LogP contribution is 2.39. The van der Waals surface area contributed by atoms with Gasteiger partial charge < -0.3 is 10.4 Å². The van der Waals surface area contributed by atoms with Gasteiger partial charge in [-0.15, -0.1) is 0 Å². The largest absolute Gasteiger partial charge is 0.481 e. The number of anilines is 1. The lowest BCUT2D eigenvalue weighted by Crippen LogP contribution is -2.42. The lowest BCUT2D eigenvalue weighted by molar-refractivity contribution is -0.383. The van der Waals surface area contributed by atoms with E-state index in [-0.39, 0.29) is 22.8 Å². The first-order valence-corrected chi connectivity index (χ1v) is 7.24. The van der Waals surface area contributed by atoms with Gasteiger partial charge in [0.05, 0.1) is 11.3 Å². The fourth-order valence-corrected chi connectivity index (χ4v) is 3.19. The molecule has 0 radical (unpaired) electrons. The molecule has 21 heavy (non-hydrogen) atoms. The zero-order valence-electron chi connectivity index (χ0n) is 11.5. The standard InChI is InChI=1S/C14H17ClN2O4/c15-10-5-4-6-11(13(10)17(20)21)16-14(9-12(18)19)7-2-1-3-8-14/h4-6,16H,1-3,7-9H2,(H,18,19). The Morgan fingerprint density at radius 1 is 1.38 bits per heavy atom. The summed E-state index contributed by atoms with van der Waals surface area (Å²) in [7, 11) is 0. The second-order valence-electron chi connectivity index (χ2n) is 5.43. The van der Waals surface area contributed by atoms with Crippen molar-refractivity contribution in [2.24, 2.45) is 0 Å². The van der Waals surface area contributed by atoms with E-state index in [9.17, 15) is 14.9 Å². The average molecular weight is 313 g/mol. The van der Waals surface area contributed by atoms with Crippen LogP contribution in [0.1, 0.15) is 38.5 Å². The molecule has 0 spiro atoms. The summed E-state index contributed by atoms with van der Waals surface area (Å²) in [6.07, 6.45) is 4.19. The average Bonchev–Trinajstić information content (AvgIpc) is 2.38. The summed E-state index contributed by atoms with van der Waals surface area (Å²) in [5, 5.41) is 23.5. The van der Waals surface area contributed by atoms with Crippen molar-refractivity contribution in [3.63, 3.8) is 0 Å². The maximum Gasteiger partial charge on any atom is 0.310 e. The van der Waals surface area contributed by atoms with Gasteiger partial charge in [-0.25, -0.2) is 0 Å². The number of rotatable bonds is 5. The molecule has 1 aliphatic rings. The van der Waals surface area contributed by atoms with Gasteiger partial charge in [0.2, 0.25) is 0 Å². The molecule has 0 bridgehead atoms. The normalized spacial score (nSPS) is 17.2. The van der Waals surface area contributed by atoms with E-state index in [1.165, 1.54) is 6.07 Å². The zero-order chi connectivity index (χ0) is 15.5. The molecule has 2 rings (SSSR count). The molecule has 0 atom stereocenters. The number of hydrogen-bond donors (Lipinski definition) is 2. The van der Waals surface area contributed by atoms with Gasteiger partial charge in [0.25, 0.3) is 0 Å². The minimum Gasteiger partial charge on any atom is -0.481 e. The Balaban J connectivity index is 2.35. The summed E-state index contributed by atoms with van der Waals surface area (Å²) in [6.45, 7) is 0. The molecule has 0 saturated heterocycles. The zero-order valence-corrected chi connectivity index (χ0v) is 12.2. The molecule has 2 N–H and O–H groups in total. The van der Waals surface area contributed by atoms with Crippen molar-refractivity contribution in [3.8, 4) is 0 Å². The van der Waals surface area contributed by atoms with Gasteiger partial charge >= 0.3 is 11.7 Å². The molecule has 1 saturated carbocycles. The van der Waals surface area contributed by atoms with Gasteiger partial charge in [0.15, 0.2) is 0 Å². The molecular weight excluding hydrogens is 296 g/mol. The van der Waals surface area contributed by atoms with Crippen LogP contribution in [-0.2, 0) is 4.79 Å². The Morgan fingerprint density at radius 3 is 2.62 bits per heavy atom. The summed E-state index contributed by atoms with van der Waals surface area (Å²) in [6, 6.07) is 4.65. The predicted molar refractivity (Wildman–Crippen MR) is 79.8 cm³/mol. The first kappa shape index (κ1) is 15.6. The highest BCUT2D eigenvalue weighted by molar-refractivity contribution is 6.33. The van der Waals surface area contributed by atoms with Crippen LogP contribution in [0.4, 0.5) is 11.4 Å². The SMILES string of the molecule is O=C(O)CC1(Nc2cccc(Cl)c2[N+](=O)[O-])CCCCC1. The number of nitrogens with zero attached hydrogens (tertiary/aromatic N) is 1. The van der Waals surface area contributed by atoms with Crippen molar-refractivity contribution < 1.29 is 14.8 Å². The maximum atomic E-state index is 11.2. The van der Waals surface area contributed by atoms with E-state index in [1.54, 1.807) is 12.1 Å². The van der Waals surface area contributed by atoms with Gasteiger partial charge in [-0.05, 0) is 25.0 Å². The highest BCUT2D eigenvalue weighted by Gasteiger charge is 2.36. The Kier molecular flexibility index (Phi) is 4.67. The predicted octanol–water partition coefficient (Wildman–Crippen LogP) is 3.84. The number of carboxylic acid groups (broad SMARTS) is 1. The second kappa shape index (κ2) is 6.30. The van der Waals surface area contributed by atoms with Crippen LogP contribution in [0.25, 0.3) is 0 Å². The first-order valence-electron chi connectivity index (χ1n) is 6.86. The van der Waals surface area contributed by atoms with Crippen LogP contribution in [0.2, 0.25) is 5.02 Å². The van der Waals surface area contributed by atoms with E-state index in [4.69, 9.17) is 16.7 Å². The molecule has 0 unspecified atom stereocenters. The molecule has 1 aromatic carbocycles. The summed E-state index contributed by atoms with van der Waals surface area (Å²) in [4.78, 5) is 21.8.